The second-order valence-electron chi connectivity index (χ2n) is 3.45. The van der Waals surface area contributed by atoms with Gasteiger partial charge in [0.2, 0.25) is 0 Å². The Bertz CT molecular complexity index is 526. The van der Waals surface area contributed by atoms with E-state index in [1.807, 2.05) is 13.0 Å². The minimum absolute atomic E-state index is 0.258. The zero-order chi connectivity index (χ0) is 13.4. The zero-order valence-electron chi connectivity index (χ0n) is 10.2. The third-order valence-corrected chi connectivity index (χ3v) is 1.86. The Morgan fingerprint density at radius 3 is 2.11 bits per heavy atom. The molecule has 0 aromatic carbocycles. The molecule has 0 aliphatic carbocycles. The van der Waals surface area contributed by atoms with Crippen molar-refractivity contribution in [1.82, 2.24) is 10.3 Å². The lowest BCUT2D eigenvalue weighted by Crippen LogP contribution is -1.94. The summed E-state index contributed by atoms with van der Waals surface area (Å²) in [5.41, 5.74) is 14.6. The number of nitrogens with two attached hydrogens (primary N) is 1. The van der Waals surface area contributed by atoms with Gasteiger partial charge >= 0.3 is 0 Å². The molecule has 0 bridgehead atoms. The summed E-state index contributed by atoms with van der Waals surface area (Å²) in [5, 5.41) is 10.6. The van der Waals surface area contributed by atoms with Gasteiger partial charge in [-0.25, -0.2) is 0 Å². The molecule has 8 heteroatoms. The fourth-order valence-electron chi connectivity index (χ4n) is 1.11. The van der Waals surface area contributed by atoms with Crippen LogP contribution in [0.4, 0.5) is 0 Å². The molecule has 0 aliphatic rings. The number of hydrogen-bond acceptors (Lipinski definition) is 6. The molecule has 0 radical (unpaired) electrons. The largest absolute Gasteiger partial charge is 0.361 e. The maximum Gasteiger partial charge on any atom is 0.133 e. The highest BCUT2D eigenvalue weighted by molar-refractivity contribution is 5.03. The zero-order valence-corrected chi connectivity index (χ0v) is 10.2. The summed E-state index contributed by atoms with van der Waals surface area (Å²) < 4.78 is 9.45. The SMILES string of the molecule is Cc1cc(CN)no1.Cc1cc(CN=[N+]=[N-])no1. The van der Waals surface area contributed by atoms with Gasteiger partial charge in [-0.05, 0) is 19.4 Å². The molecule has 0 unspecified atom stereocenters. The number of aryl methyl sites for hydroxylation is 2. The highest BCUT2D eigenvalue weighted by atomic mass is 16.5. The molecule has 0 atom stereocenters. The van der Waals surface area contributed by atoms with Crippen molar-refractivity contribution in [2.75, 3.05) is 0 Å². The summed E-state index contributed by atoms with van der Waals surface area (Å²) in [5.74, 6) is 1.54. The predicted molar refractivity (Wildman–Crippen MR) is 63.2 cm³/mol. The van der Waals surface area contributed by atoms with Gasteiger partial charge in [0.05, 0.1) is 17.9 Å². The first-order valence-electron chi connectivity index (χ1n) is 5.21. The van der Waals surface area contributed by atoms with Crippen molar-refractivity contribution in [1.29, 1.82) is 0 Å². The summed E-state index contributed by atoms with van der Waals surface area (Å²) in [6.45, 7) is 4.34. The van der Waals surface area contributed by atoms with Gasteiger partial charge in [-0.15, -0.1) is 0 Å². The van der Waals surface area contributed by atoms with Crippen LogP contribution in [-0.4, -0.2) is 10.3 Å². The third-order valence-electron chi connectivity index (χ3n) is 1.86. The minimum atomic E-state index is 0.258. The van der Waals surface area contributed by atoms with Gasteiger partial charge < -0.3 is 14.8 Å². The van der Waals surface area contributed by atoms with Crippen molar-refractivity contribution in [3.63, 3.8) is 0 Å². The van der Waals surface area contributed by atoms with E-state index >= 15 is 0 Å². The van der Waals surface area contributed by atoms with Crippen LogP contribution in [-0.2, 0) is 13.1 Å². The molecule has 96 valence electrons. The average molecular weight is 250 g/mol. The molecule has 2 aromatic heterocycles. The molecule has 18 heavy (non-hydrogen) atoms. The van der Waals surface area contributed by atoms with E-state index in [2.05, 4.69) is 20.3 Å². The van der Waals surface area contributed by atoms with Crippen LogP contribution in [0, 0.1) is 13.8 Å². The number of hydrogen-bond donors (Lipinski definition) is 1. The Kier molecular flexibility index (Phi) is 5.43. The highest BCUT2D eigenvalue weighted by Crippen LogP contribution is 2.02. The Hall–Kier alpha value is -2.31. The van der Waals surface area contributed by atoms with E-state index in [9.17, 15) is 0 Å². The van der Waals surface area contributed by atoms with Crippen molar-refractivity contribution >= 4 is 0 Å². The molecule has 8 nitrogen and oxygen atoms in total. The van der Waals surface area contributed by atoms with E-state index in [0.29, 0.717) is 12.2 Å². The van der Waals surface area contributed by atoms with E-state index in [4.69, 9.17) is 20.3 Å². The van der Waals surface area contributed by atoms with Crippen molar-refractivity contribution in [3.05, 3.63) is 45.5 Å². The summed E-state index contributed by atoms with van der Waals surface area (Å²) >= 11 is 0. The topological polar surface area (TPSA) is 127 Å². The van der Waals surface area contributed by atoms with Crippen molar-refractivity contribution in [3.8, 4) is 0 Å². The van der Waals surface area contributed by atoms with Crippen molar-refractivity contribution < 1.29 is 9.05 Å². The molecule has 0 saturated carbocycles. The van der Waals surface area contributed by atoms with Gasteiger partial charge in [-0.3, -0.25) is 0 Å². The average Bonchev–Trinajstić information content (AvgIpc) is 2.96. The number of aromatic nitrogens is 2. The van der Waals surface area contributed by atoms with Crippen molar-refractivity contribution in [2.24, 2.45) is 10.8 Å². The van der Waals surface area contributed by atoms with Gasteiger partial charge in [0.15, 0.2) is 0 Å². The molecule has 0 aliphatic heterocycles. The first kappa shape index (κ1) is 13.8. The minimum Gasteiger partial charge on any atom is -0.361 e. The molecule has 0 amide bonds. The van der Waals surface area contributed by atoms with Crippen LogP contribution in [0.2, 0.25) is 0 Å². The Morgan fingerprint density at radius 2 is 1.78 bits per heavy atom. The number of nitrogens with zero attached hydrogens (tertiary/aromatic N) is 5. The van der Waals surface area contributed by atoms with E-state index < -0.39 is 0 Å². The molecular weight excluding hydrogens is 236 g/mol. The van der Waals surface area contributed by atoms with Crippen LogP contribution in [0.25, 0.3) is 10.4 Å². The molecule has 2 rings (SSSR count). The second kappa shape index (κ2) is 7.10. The normalized spacial score (nSPS) is 9.28. The smallest absolute Gasteiger partial charge is 0.133 e. The first-order chi connectivity index (χ1) is 8.65. The van der Waals surface area contributed by atoms with E-state index in [0.717, 1.165) is 17.2 Å². The van der Waals surface area contributed by atoms with E-state index in [-0.39, 0.29) is 6.54 Å². The molecule has 0 spiro atoms. The maximum absolute atomic E-state index is 7.93. The van der Waals surface area contributed by atoms with Crippen LogP contribution in [0.1, 0.15) is 22.9 Å². The van der Waals surface area contributed by atoms with Crippen LogP contribution in [0.15, 0.2) is 26.3 Å². The van der Waals surface area contributed by atoms with Gasteiger partial charge in [-0.1, -0.05) is 15.4 Å². The van der Waals surface area contributed by atoms with Gasteiger partial charge in [-0.2, -0.15) is 0 Å². The maximum atomic E-state index is 7.93. The van der Waals surface area contributed by atoms with Gasteiger partial charge in [0.25, 0.3) is 0 Å². The summed E-state index contributed by atoms with van der Waals surface area (Å²) in [4.78, 5) is 2.58. The van der Waals surface area contributed by atoms with Crippen molar-refractivity contribution in [2.45, 2.75) is 26.9 Å². The highest BCUT2D eigenvalue weighted by Gasteiger charge is 1.96. The standard InChI is InChI=1S/C5H6N4O.C5H8N2O/c1-4-2-5(8-10-4)3-7-9-6;1-4-2-5(3-6)7-8-4/h2H,3H2,1H3;2H,3,6H2,1H3. The lowest BCUT2D eigenvalue weighted by molar-refractivity contribution is 0.390. The molecular formula is C10H14N6O2. The fourth-order valence-corrected chi connectivity index (χ4v) is 1.11. The van der Waals surface area contributed by atoms with Crippen LogP contribution < -0.4 is 5.73 Å². The second-order valence-corrected chi connectivity index (χ2v) is 3.45. The predicted octanol–water partition coefficient (Wildman–Crippen LogP) is 2.24. The lowest BCUT2D eigenvalue weighted by atomic mass is 10.4. The molecule has 2 aromatic rings. The van der Waals surface area contributed by atoms with Crippen LogP contribution in [0.3, 0.4) is 0 Å². The lowest BCUT2D eigenvalue weighted by Gasteiger charge is -1.76. The first-order valence-corrected chi connectivity index (χ1v) is 5.21. The Morgan fingerprint density at radius 1 is 1.22 bits per heavy atom. The Labute approximate surface area is 103 Å². The van der Waals surface area contributed by atoms with Crippen LogP contribution in [0.5, 0.6) is 0 Å². The van der Waals surface area contributed by atoms with Crippen LogP contribution >= 0.6 is 0 Å². The quantitative estimate of drug-likeness (QED) is 0.507. The van der Waals surface area contributed by atoms with E-state index in [1.165, 1.54) is 0 Å². The van der Waals surface area contributed by atoms with Gasteiger partial charge in [0.1, 0.15) is 11.5 Å². The summed E-state index contributed by atoms with van der Waals surface area (Å²) in [7, 11) is 0. The molecule has 2 heterocycles. The van der Waals surface area contributed by atoms with Gasteiger partial charge in [0, 0.05) is 23.6 Å². The third kappa shape index (κ3) is 4.69. The monoisotopic (exact) mass is 250 g/mol. The summed E-state index contributed by atoms with van der Waals surface area (Å²) in [6.07, 6.45) is 0. The molecule has 0 fully saturated rings. The fraction of sp³-hybridized carbons (Fsp3) is 0.400. The number of azide groups is 1. The summed E-state index contributed by atoms with van der Waals surface area (Å²) in [6, 6.07) is 3.55. The number of rotatable bonds is 3. The Balaban J connectivity index is 0.000000184. The van der Waals surface area contributed by atoms with E-state index in [1.54, 1.807) is 13.0 Å². The molecule has 2 N–H and O–H groups in total. The molecule has 0 saturated heterocycles.